The number of nitrogens with two attached hydrogens (primary N) is 1. The van der Waals surface area contributed by atoms with Crippen molar-refractivity contribution in [3.05, 3.63) is 41.0 Å². The zero-order valence-corrected chi connectivity index (χ0v) is 12.3. The summed E-state index contributed by atoms with van der Waals surface area (Å²) in [6.07, 6.45) is 1.77. The number of carbonyl (C=O) groups excluding carboxylic acids is 1. The van der Waals surface area contributed by atoms with Crippen LogP contribution in [0.2, 0.25) is 0 Å². The summed E-state index contributed by atoms with van der Waals surface area (Å²) in [6.45, 7) is 3.53. The summed E-state index contributed by atoms with van der Waals surface area (Å²) in [7, 11) is 1.35. The van der Waals surface area contributed by atoms with Crippen LogP contribution in [0.5, 0.6) is 0 Å². The van der Waals surface area contributed by atoms with Crippen LogP contribution in [0.1, 0.15) is 22.3 Å². The second-order valence-corrected chi connectivity index (χ2v) is 5.23. The van der Waals surface area contributed by atoms with Crippen LogP contribution < -0.4 is 10.6 Å². The fourth-order valence-corrected chi connectivity index (χ4v) is 2.89. The van der Waals surface area contributed by atoms with Gasteiger partial charge in [0.25, 0.3) is 0 Å². The lowest BCUT2D eigenvalue weighted by Gasteiger charge is -2.20. The van der Waals surface area contributed by atoms with Gasteiger partial charge in [-0.3, -0.25) is 4.98 Å². The number of pyridine rings is 1. The van der Waals surface area contributed by atoms with Crippen molar-refractivity contribution in [2.45, 2.75) is 13.5 Å². The minimum atomic E-state index is -0.396. The maximum absolute atomic E-state index is 11.6. The van der Waals surface area contributed by atoms with Gasteiger partial charge < -0.3 is 15.4 Å². The average Bonchev–Trinajstić information content (AvgIpc) is 2.87. The number of ether oxygens (including phenoxy) is 1. The lowest BCUT2D eigenvalue weighted by Crippen LogP contribution is -2.21. The van der Waals surface area contributed by atoms with Crippen LogP contribution in [-0.4, -0.2) is 24.6 Å². The van der Waals surface area contributed by atoms with Gasteiger partial charge in [-0.15, -0.1) is 11.3 Å². The van der Waals surface area contributed by atoms with Gasteiger partial charge in [-0.05, 0) is 25.1 Å². The maximum Gasteiger partial charge on any atom is 0.350 e. The number of esters is 1. The third-order valence-electron chi connectivity index (χ3n) is 2.89. The predicted octanol–water partition coefficient (Wildman–Crippen LogP) is 2.54. The Bertz CT molecular complexity index is 583. The van der Waals surface area contributed by atoms with Crippen molar-refractivity contribution < 1.29 is 9.53 Å². The van der Waals surface area contributed by atoms with Crippen LogP contribution in [0.15, 0.2) is 30.5 Å². The first kappa shape index (κ1) is 14.3. The van der Waals surface area contributed by atoms with Gasteiger partial charge in [-0.1, -0.05) is 6.07 Å². The summed E-state index contributed by atoms with van der Waals surface area (Å²) in [4.78, 5) is 18.5. The highest BCUT2D eigenvalue weighted by Gasteiger charge is 2.18. The quantitative estimate of drug-likeness (QED) is 0.857. The molecule has 2 aromatic rings. The van der Waals surface area contributed by atoms with Crippen LogP contribution in [0.3, 0.4) is 0 Å². The number of methoxy groups -OCH3 is 1. The van der Waals surface area contributed by atoms with E-state index in [1.807, 2.05) is 24.3 Å². The first-order chi connectivity index (χ1) is 9.65. The number of carbonyl (C=O) groups is 1. The molecule has 0 radical (unpaired) electrons. The molecule has 2 rings (SSSR count). The molecule has 0 saturated heterocycles. The molecule has 0 atom stereocenters. The molecule has 0 fully saturated rings. The number of nitrogens with zero attached hydrogens (tertiary/aromatic N) is 2. The topological polar surface area (TPSA) is 68.5 Å². The zero-order valence-electron chi connectivity index (χ0n) is 11.5. The van der Waals surface area contributed by atoms with E-state index < -0.39 is 5.97 Å². The first-order valence-corrected chi connectivity index (χ1v) is 7.09. The number of thiophene rings is 1. The highest BCUT2D eigenvalue weighted by atomic mass is 32.1. The minimum Gasteiger partial charge on any atom is -0.465 e. The van der Waals surface area contributed by atoms with Crippen molar-refractivity contribution in [2.75, 3.05) is 24.3 Å². The fraction of sp³-hybridized carbons (Fsp3) is 0.286. The molecule has 0 aliphatic rings. The van der Waals surface area contributed by atoms with E-state index in [1.54, 1.807) is 6.20 Å². The van der Waals surface area contributed by atoms with Crippen molar-refractivity contribution in [3.63, 3.8) is 0 Å². The molecule has 0 spiro atoms. The first-order valence-electron chi connectivity index (χ1n) is 6.28. The van der Waals surface area contributed by atoms with Gasteiger partial charge in [0.15, 0.2) is 0 Å². The maximum atomic E-state index is 11.6. The van der Waals surface area contributed by atoms with Crippen molar-refractivity contribution in [1.82, 2.24) is 4.98 Å². The molecule has 0 aliphatic carbocycles. The van der Waals surface area contributed by atoms with E-state index in [2.05, 4.69) is 16.8 Å². The zero-order chi connectivity index (χ0) is 14.5. The number of rotatable bonds is 5. The van der Waals surface area contributed by atoms with Gasteiger partial charge in [0.05, 0.1) is 30.0 Å². The van der Waals surface area contributed by atoms with E-state index in [0.29, 0.717) is 17.1 Å². The summed E-state index contributed by atoms with van der Waals surface area (Å²) in [5.41, 5.74) is 7.30. The molecule has 0 aromatic carbocycles. The molecular weight excluding hydrogens is 274 g/mol. The summed E-state index contributed by atoms with van der Waals surface area (Å²) in [6, 6.07) is 7.63. The Hall–Kier alpha value is -2.08. The van der Waals surface area contributed by atoms with Gasteiger partial charge in [0.2, 0.25) is 0 Å². The van der Waals surface area contributed by atoms with Crippen molar-refractivity contribution >= 4 is 28.0 Å². The number of nitrogen functional groups attached to an aromatic ring is 1. The Morgan fingerprint density at radius 1 is 1.50 bits per heavy atom. The molecular formula is C14H17N3O2S. The second-order valence-electron chi connectivity index (χ2n) is 4.20. The molecule has 2 N–H and O–H groups in total. The Kier molecular flexibility index (Phi) is 4.57. The largest absolute Gasteiger partial charge is 0.465 e. The Morgan fingerprint density at radius 2 is 2.30 bits per heavy atom. The molecule has 2 heterocycles. The van der Waals surface area contributed by atoms with E-state index in [4.69, 9.17) is 10.5 Å². The number of aromatic nitrogens is 1. The monoisotopic (exact) mass is 291 g/mol. The minimum absolute atomic E-state index is 0.396. The van der Waals surface area contributed by atoms with Crippen LogP contribution >= 0.6 is 11.3 Å². The molecule has 0 aliphatic heterocycles. The van der Waals surface area contributed by atoms with E-state index in [-0.39, 0.29) is 0 Å². The normalized spacial score (nSPS) is 10.3. The van der Waals surface area contributed by atoms with Crippen LogP contribution in [0.4, 0.5) is 10.7 Å². The molecule has 5 nitrogen and oxygen atoms in total. The highest BCUT2D eigenvalue weighted by Crippen LogP contribution is 2.33. The van der Waals surface area contributed by atoms with E-state index in [1.165, 1.54) is 18.4 Å². The van der Waals surface area contributed by atoms with Crippen LogP contribution in [0.25, 0.3) is 0 Å². The molecule has 0 amide bonds. The van der Waals surface area contributed by atoms with Gasteiger partial charge in [-0.25, -0.2) is 4.79 Å². The van der Waals surface area contributed by atoms with Crippen LogP contribution in [-0.2, 0) is 11.3 Å². The fourth-order valence-electron chi connectivity index (χ4n) is 1.83. The lowest BCUT2D eigenvalue weighted by atomic mass is 10.3. The highest BCUT2D eigenvalue weighted by molar-refractivity contribution is 7.18. The Labute approximate surface area is 122 Å². The summed E-state index contributed by atoms with van der Waals surface area (Å²) < 4.78 is 4.72. The average molecular weight is 291 g/mol. The van der Waals surface area contributed by atoms with E-state index in [0.717, 1.165) is 17.2 Å². The Morgan fingerprint density at radius 3 is 2.90 bits per heavy atom. The molecule has 2 aromatic heterocycles. The molecule has 20 heavy (non-hydrogen) atoms. The summed E-state index contributed by atoms with van der Waals surface area (Å²) in [5.74, 6) is -0.396. The Balaban J connectivity index is 2.22. The number of anilines is 2. The standard InChI is InChI=1S/C14H17N3O2S/c1-3-17(9-10-6-4-5-7-16-10)12-8-11(15)13(20-12)14(18)19-2/h4-8H,3,9,15H2,1-2H3. The predicted molar refractivity (Wildman–Crippen MR) is 81.0 cm³/mol. The lowest BCUT2D eigenvalue weighted by molar-refractivity contribution is 0.0607. The molecule has 0 bridgehead atoms. The second kappa shape index (κ2) is 6.38. The third-order valence-corrected chi connectivity index (χ3v) is 4.08. The molecule has 106 valence electrons. The molecule has 6 heteroatoms. The van der Waals surface area contributed by atoms with Crippen molar-refractivity contribution in [3.8, 4) is 0 Å². The van der Waals surface area contributed by atoms with E-state index >= 15 is 0 Å². The third kappa shape index (κ3) is 3.08. The summed E-state index contributed by atoms with van der Waals surface area (Å²) in [5, 5.41) is 0.941. The smallest absolute Gasteiger partial charge is 0.350 e. The van der Waals surface area contributed by atoms with Crippen molar-refractivity contribution in [2.24, 2.45) is 0 Å². The summed E-state index contributed by atoms with van der Waals surface area (Å²) >= 11 is 1.34. The number of hydrogen-bond acceptors (Lipinski definition) is 6. The van der Waals surface area contributed by atoms with Gasteiger partial charge >= 0.3 is 5.97 Å². The molecule has 0 unspecified atom stereocenters. The van der Waals surface area contributed by atoms with Crippen molar-refractivity contribution in [1.29, 1.82) is 0 Å². The molecule has 0 saturated carbocycles. The van der Waals surface area contributed by atoms with E-state index in [9.17, 15) is 4.79 Å². The van der Waals surface area contributed by atoms with Gasteiger partial charge in [-0.2, -0.15) is 0 Å². The SMILES string of the molecule is CCN(Cc1ccccn1)c1cc(N)c(C(=O)OC)s1. The number of hydrogen-bond donors (Lipinski definition) is 1. The van der Waals surface area contributed by atoms with Gasteiger partial charge in [0, 0.05) is 12.7 Å². The van der Waals surface area contributed by atoms with Crippen LogP contribution in [0, 0.1) is 0 Å². The van der Waals surface area contributed by atoms with Gasteiger partial charge in [0.1, 0.15) is 4.88 Å².